The Balaban J connectivity index is 1.52. The molecule has 3 heterocycles. The summed E-state index contributed by atoms with van der Waals surface area (Å²) in [6.07, 6.45) is 7.68. The van der Waals surface area contributed by atoms with E-state index in [0.717, 1.165) is 30.1 Å². The van der Waals surface area contributed by atoms with Gasteiger partial charge in [0.05, 0.1) is 0 Å². The van der Waals surface area contributed by atoms with Crippen LogP contribution in [-0.2, 0) is 0 Å². The molecule has 3 rings (SSSR count). The van der Waals surface area contributed by atoms with Crippen LogP contribution in [0.15, 0.2) is 17.4 Å². The second-order valence-corrected chi connectivity index (χ2v) is 7.31. The highest BCUT2D eigenvalue weighted by Crippen LogP contribution is 2.22. The molecule has 2 aliphatic rings. The van der Waals surface area contributed by atoms with Gasteiger partial charge < -0.3 is 10.2 Å². The van der Waals surface area contributed by atoms with Crippen molar-refractivity contribution in [3.8, 4) is 0 Å². The highest BCUT2D eigenvalue weighted by molar-refractivity contribution is 7.99. The summed E-state index contributed by atoms with van der Waals surface area (Å²) < 4.78 is 0. The van der Waals surface area contributed by atoms with Gasteiger partial charge in [0.15, 0.2) is 5.16 Å². The standard InChI is InChI=1S/C14H22N4S2/c1-19-14-15-6-2-13(17-14)18-7-3-11(4-8-18)16-12-5-9-20-10-12/h2,6,11-12,16H,3-5,7-10H2,1H3/t12-/m0/s1. The van der Waals surface area contributed by atoms with Crippen molar-refractivity contribution < 1.29 is 0 Å². The lowest BCUT2D eigenvalue weighted by molar-refractivity contribution is 0.378. The molecule has 4 nitrogen and oxygen atoms in total. The van der Waals surface area contributed by atoms with E-state index < -0.39 is 0 Å². The van der Waals surface area contributed by atoms with Gasteiger partial charge in [-0.1, -0.05) is 11.8 Å². The normalized spacial score (nSPS) is 24.2. The van der Waals surface area contributed by atoms with E-state index in [1.54, 1.807) is 11.8 Å². The van der Waals surface area contributed by atoms with Crippen LogP contribution in [0.4, 0.5) is 5.82 Å². The van der Waals surface area contributed by atoms with Gasteiger partial charge >= 0.3 is 0 Å². The summed E-state index contributed by atoms with van der Waals surface area (Å²) in [5, 5.41) is 4.69. The second kappa shape index (κ2) is 7.00. The molecule has 0 bridgehead atoms. The van der Waals surface area contributed by atoms with Crippen LogP contribution in [0.25, 0.3) is 0 Å². The number of nitrogens with zero attached hydrogens (tertiary/aromatic N) is 3. The molecular weight excluding hydrogens is 288 g/mol. The summed E-state index contributed by atoms with van der Waals surface area (Å²) >= 11 is 3.69. The van der Waals surface area contributed by atoms with E-state index in [-0.39, 0.29) is 0 Å². The third kappa shape index (κ3) is 3.59. The van der Waals surface area contributed by atoms with Gasteiger partial charge in [-0.15, -0.1) is 0 Å². The maximum atomic E-state index is 4.60. The Morgan fingerprint density at radius 3 is 2.85 bits per heavy atom. The highest BCUT2D eigenvalue weighted by atomic mass is 32.2. The van der Waals surface area contributed by atoms with E-state index in [4.69, 9.17) is 0 Å². The molecule has 0 unspecified atom stereocenters. The highest BCUT2D eigenvalue weighted by Gasteiger charge is 2.24. The van der Waals surface area contributed by atoms with Crippen LogP contribution in [0.3, 0.4) is 0 Å². The molecule has 6 heteroatoms. The smallest absolute Gasteiger partial charge is 0.189 e. The van der Waals surface area contributed by atoms with Crippen molar-refractivity contribution in [3.05, 3.63) is 12.3 Å². The van der Waals surface area contributed by atoms with Crippen molar-refractivity contribution in [1.82, 2.24) is 15.3 Å². The molecule has 1 aromatic heterocycles. The predicted octanol–water partition coefficient (Wildman–Crippen LogP) is 2.26. The van der Waals surface area contributed by atoms with E-state index in [1.807, 2.05) is 18.5 Å². The van der Waals surface area contributed by atoms with Gasteiger partial charge in [0.25, 0.3) is 0 Å². The van der Waals surface area contributed by atoms with Gasteiger partial charge in [-0.25, -0.2) is 9.97 Å². The average molecular weight is 310 g/mol. The first-order valence-corrected chi connectivity index (χ1v) is 9.69. The Morgan fingerprint density at radius 2 is 2.15 bits per heavy atom. The van der Waals surface area contributed by atoms with Crippen molar-refractivity contribution in [3.63, 3.8) is 0 Å². The summed E-state index contributed by atoms with van der Waals surface area (Å²) in [6, 6.07) is 3.47. The Labute approximate surface area is 129 Å². The first kappa shape index (κ1) is 14.5. The maximum absolute atomic E-state index is 4.60. The van der Waals surface area contributed by atoms with Crippen molar-refractivity contribution >= 4 is 29.3 Å². The molecule has 0 amide bonds. The van der Waals surface area contributed by atoms with E-state index in [2.05, 4.69) is 31.9 Å². The van der Waals surface area contributed by atoms with Gasteiger partial charge in [-0.2, -0.15) is 11.8 Å². The van der Waals surface area contributed by atoms with Crippen LogP contribution < -0.4 is 10.2 Å². The minimum Gasteiger partial charge on any atom is -0.356 e. The molecule has 0 spiro atoms. The van der Waals surface area contributed by atoms with Crippen molar-refractivity contribution in [1.29, 1.82) is 0 Å². The second-order valence-electron chi connectivity index (χ2n) is 5.39. The topological polar surface area (TPSA) is 41.1 Å². The third-order valence-corrected chi connectivity index (χ3v) is 5.75. The lowest BCUT2D eigenvalue weighted by Crippen LogP contribution is -2.46. The molecule has 1 aromatic rings. The Kier molecular flexibility index (Phi) is 5.07. The summed E-state index contributed by atoms with van der Waals surface area (Å²) in [6.45, 7) is 2.20. The summed E-state index contributed by atoms with van der Waals surface area (Å²) in [4.78, 5) is 11.2. The molecule has 0 aromatic carbocycles. The largest absolute Gasteiger partial charge is 0.356 e. The van der Waals surface area contributed by atoms with Crippen LogP contribution in [0.5, 0.6) is 0 Å². The minimum absolute atomic E-state index is 0.691. The number of anilines is 1. The van der Waals surface area contributed by atoms with Gasteiger partial charge in [-0.3, -0.25) is 0 Å². The van der Waals surface area contributed by atoms with Crippen LogP contribution >= 0.6 is 23.5 Å². The number of rotatable bonds is 4. The summed E-state index contributed by atoms with van der Waals surface area (Å²) in [5.41, 5.74) is 0. The van der Waals surface area contributed by atoms with E-state index in [0.29, 0.717) is 6.04 Å². The zero-order valence-corrected chi connectivity index (χ0v) is 13.6. The molecule has 20 heavy (non-hydrogen) atoms. The molecule has 2 saturated heterocycles. The zero-order valence-electron chi connectivity index (χ0n) is 11.9. The SMILES string of the molecule is CSc1nccc(N2CCC(N[C@H]3CCSC3)CC2)n1. The Hall–Kier alpha value is -0.460. The van der Waals surface area contributed by atoms with E-state index in [9.17, 15) is 0 Å². The van der Waals surface area contributed by atoms with Crippen molar-refractivity contribution in [2.75, 3.05) is 35.8 Å². The summed E-state index contributed by atoms with van der Waals surface area (Å²) in [7, 11) is 0. The first-order chi connectivity index (χ1) is 9.85. The lowest BCUT2D eigenvalue weighted by Gasteiger charge is -2.34. The molecule has 2 aliphatic heterocycles. The fourth-order valence-electron chi connectivity index (χ4n) is 2.88. The monoisotopic (exact) mass is 310 g/mol. The van der Waals surface area contributed by atoms with Gasteiger partial charge in [0, 0.05) is 37.1 Å². The minimum atomic E-state index is 0.691. The van der Waals surface area contributed by atoms with Gasteiger partial charge in [0.1, 0.15) is 5.82 Å². The van der Waals surface area contributed by atoms with Crippen LogP contribution in [0.1, 0.15) is 19.3 Å². The molecule has 1 N–H and O–H groups in total. The fourth-order valence-corrected chi connectivity index (χ4v) is 4.40. The number of hydrogen-bond acceptors (Lipinski definition) is 6. The molecule has 1 atom stereocenters. The number of aromatic nitrogens is 2. The first-order valence-electron chi connectivity index (χ1n) is 7.31. The third-order valence-electron chi connectivity index (χ3n) is 4.02. The predicted molar refractivity (Wildman–Crippen MR) is 87.9 cm³/mol. The molecule has 2 fully saturated rings. The molecular formula is C14H22N4S2. The van der Waals surface area contributed by atoms with Crippen LogP contribution in [0.2, 0.25) is 0 Å². The number of nitrogens with one attached hydrogen (secondary N) is 1. The number of piperidine rings is 1. The summed E-state index contributed by atoms with van der Waals surface area (Å²) in [5.74, 6) is 3.71. The van der Waals surface area contributed by atoms with Gasteiger partial charge in [0.2, 0.25) is 0 Å². The molecule has 0 aliphatic carbocycles. The quantitative estimate of drug-likeness (QED) is 0.679. The van der Waals surface area contributed by atoms with E-state index in [1.165, 1.54) is 30.8 Å². The van der Waals surface area contributed by atoms with Crippen LogP contribution in [0, 0.1) is 0 Å². The number of thioether (sulfide) groups is 2. The molecule has 0 radical (unpaired) electrons. The molecule has 110 valence electrons. The maximum Gasteiger partial charge on any atom is 0.189 e. The fraction of sp³-hybridized carbons (Fsp3) is 0.714. The van der Waals surface area contributed by atoms with Crippen molar-refractivity contribution in [2.24, 2.45) is 0 Å². The lowest BCUT2D eigenvalue weighted by atomic mass is 10.0. The van der Waals surface area contributed by atoms with E-state index >= 15 is 0 Å². The van der Waals surface area contributed by atoms with Crippen molar-refractivity contribution in [2.45, 2.75) is 36.5 Å². The number of hydrogen-bond donors (Lipinski definition) is 1. The Morgan fingerprint density at radius 1 is 1.30 bits per heavy atom. The Bertz CT molecular complexity index is 429. The average Bonchev–Trinajstić information content (AvgIpc) is 3.01. The zero-order chi connectivity index (χ0) is 13.8. The molecule has 0 saturated carbocycles. The van der Waals surface area contributed by atoms with Crippen LogP contribution in [-0.4, -0.2) is 52.9 Å². The van der Waals surface area contributed by atoms with Gasteiger partial charge in [-0.05, 0) is 37.3 Å².